The molecule has 0 aromatic heterocycles. The van der Waals surface area contributed by atoms with Gasteiger partial charge >= 0.3 is 0 Å². The van der Waals surface area contributed by atoms with E-state index in [0.29, 0.717) is 12.2 Å². The van der Waals surface area contributed by atoms with Crippen molar-refractivity contribution < 1.29 is 9.47 Å². The third kappa shape index (κ3) is 7.20. The van der Waals surface area contributed by atoms with Crippen molar-refractivity contribution in [2.75, 3.05) is 26.3 Å². The lowest BCUT2D eigenvalue weighted by Crippen LogP contribution is -2.32. The number of unbranched alkanes of at least 4 members (excludes halogenated alkanes) is 1. The zero-order valence-electron chi connectivity index (χ0n) is 10.8. The lowest BCUT2D eigenvalue weighted by atomic mass is 10.1. The summed E-state index contributed by atoms with van der Waals surface area (Å²) in [5.74, 6) is 0. The van der Waals surface area contributed by atoms with E-state index in [1.54, 1.807) is 0 Å². The minimum absolute atomic E-state index is 0.364. The van der Waals surface area contributed by atoms with Crippen LogP contribution in [0.1, 0.15) is 46.0 Å². The van der Waals surface area contributed by atoms with E-state index >= 15 is 0 Å². The van der Waals surface area contributed by atoms with E-state index in [4.69, 9.17) is 9.47 Å². The van der Waals surface area contributed by atoms with Crippen molar-refractivity contribution in [3.05, 3.63) is 0 Å². The van der Waals surface area contributed by atoms with Crippen molar-refractivity contribution in [1.82, 2.24) is 5.32 Å². The van der Waals surface area contributed by atoms with Gasteiger partial charge in [0.15, 0.2) is 0 Å². The van der Waals surface area contributed by atoms with Gasteiger partial charge in [-0.05, 0) is 52.5 Å². The van der Waals surface area contributed by atoms with Crippen molar-refractivity contribution >= 4 is 0 Å². The van der Waals surface area contributed by atoms with Crippen LogP contribution in [0, 0.1) is 0 Å². The molecule has 1 atom stereocenters. The Morgan fingerprint density at radius 2 is 2.19 bits per heavy atom. The number of nitrogens with one attached hydrogen (secondary N) is 1. The Hall–Kier alpha value is -0.120. The molecule has 0 radical (unpaired) electrons. The monoisotopic (exact) mass is 229 g/mol. The predicted molar refractivity (Wildman–Crippen MR) is 66.8 cm³/mol. The maximum Gasteiger partial charge on any atom is 0.0699 e. The van der Waals surface area contributed by atoms with E-state index in [1.165, 1.54) is 25.7 Å². The molecule has 3 nitrogen and oxygen atoms in total. The normalized spacial score (nSPS) is 21.6. The number of rotatable bonds is 8. The van der Waals surface area contributed by atoms with Gasteiger partial charge in [0, 0.05) is 19.8 Å². The molecule has 0 aromatic rings. The largest absolute Gasteiger partial charge is 0.379 e. The highest BCUT2D eigenvalue weighted by molar-refractivity contribution is 4.66. The molecule has 1 aliphatic heterocycles. The Bertz CT molecular complexity index is 156. The molecule has 3 heteroatoms. The SMILES string of the molecule is CC(C)OCCCCNCC1CCCCO1. The fourth-order valence-corrected chi connectivity index (χ4v) is 1.90. The Labute approximate surface area is 99.9 Å². The first kappa shape index (κ1) is 13.9. The van der Waals surface area contributed by atoms with Gasteiger partial charge in [-0.1, -0.05) is 0 Å². The molecule has 1 rings (SSSR count). The van der Waals surface area contributed by atoms with Crippen LogP contribution in [-0.4, -0.2) is 38.5 Å². The van der Waals surface area contributed by atoms with Gasteiger partial charge in [-0.2, -0.15) is 0 Å². The van der Waals surface area contributed by atoms with Crippen molar-refractivity contribution in [1.29, 1.82) is 0 Å². The van der Waals surface area contributed by atoms with Crippen LogP contribution in [0.25, 0.3) is 0 Å². The number of hydrogen-bond acceptors (Lipinski definition) is 3. The van der Waals surface area contributed by atoms with E-state index in [1.807, 2.05) is 0 Å². The van der Waals surface area contributed by atoms with Crippen molar-refractivity contribution in [3.63, 3.8) is 0 Å². The van der Waals surface area contributed by atoms with E-state index in [2.05, 4.69) is 19.2 Å². The van der Waals surface area contributed by atoms with Crippen LogP contribution in [0.5, 0.6) is 0 Å². The second-order valence-electron chi connectivity index (χ2n) is 4.82. The number of ether oxygens (including phenoxy) is 2. The summed E-state index contributed by atoms with van der Waals surface area (Å²) in [7, 11) is 0. The number of hydrogen-bond donors (Lipinski definition) is 1. The summed E-state index contributed by atoms with van der Waals surface area (Å²) in [6.45, 7) is 8.11. The van der Waals surface area contributed by atoms with E-state index in [9.17, 15) is 0 Å². The lowest BCUT2D eigenvalue weighted by molar-refractivity contribution is 0.0168. The summed E-state index contributed by atoms with van der Waals surface area (Å²) in [6.07, 6.45) is 6.96. The van der Waals surface area contributed by atoms with Gasteiger partial charge in [-0.15, -0.1) is 0 Å². The summed E-state index contributed by atoms with van der Waals surface area (Å²) in [5.41, 5.74) is 0. The predicted octanol–water partition coefficient (Wildman–Crippen LogP) is 2.35. The molecular weight excluding hydrogens is 202 g/mol. The summed E-state index contributed by atoms with van der Waals surface area (Å²) in [6, 6.07) is 0. The Morgan fingerprint density at radius 3 is 2.88 bits per heavy atom. The summed E-state index contributed by atoms with van der Waals surface area (Å²) in [4.78, 5) is 0. The van der Waals surface area contributed by atoms with Gasteiger partial charge in [0.2, 0.25) is 0 Å². The second-order valence-corrected chi connectivity index (χ2v) is 4.82. The molecule has 1 unspecified atom stereocenters. The third-order valence-corrected chi connectivity index (χ3v) is 2.85. The maximum atomic E-state index is 5.65. The Kier molecular flexibility index (Phi) is 7.81. The molecule has 1 N–H and O–H groups in total. The van der Waals surface area contributed by atoms with Crippen LogP contribution in [-0.2, 0) is 9.47 Å². The van der Waals surface area contributed by atoms with Gasteiger partial charge < -0.3 is 14.8 Å². The molecule has 0 saturated carbocycles. The van der Waals surface area contributed by atoms with Crippen LogP contribution < -0.4 is 5.32 Å². The van der Waals surface area contributed by atoms with Crippen LogP contribution in [0.4, 0.5) is 0 Å². The van der Waals surface area contributed by atoms with Gasteiger partial charge in [0.25, 0.3) is 0 Å². The standard InChI is InChI=1S/C13H27NO2/c1-12(2)15-9-6-4-8-14-11-13-7-3-5-10-16-13/h12-14H,3-11H2,1-2H3. The molecule has 1 saturated heterocycles. The van der Waals surface area contributed by atoms with E-state index in [0.717, 1.165) is 32.7 Å². The van der Waals surface area contributed by atoms with Crippen molar-refractivity contribution in [2.45, 2.75) is 58.2 Å². The fraction of sp³-hybridized carbons (Fsp3) is 1.00. The van der Waals surface area contributed by atoms with E-state index in [-0.39, 0.29) is 0 Å². The van der Waals surface area contributed by atoms with Crippen LogP contribution in [0.2, 0.25) is 0 Å². The van der Waals surface area contributed by atoms with E-state index < -0.39 is 0 Å². The quantitative estimate of drug-likeness (QED) is 0.648. The zero-order valence-corrected chi connectivity index (χ0v) is 10.8. The van der Waals surface area contributed by atoms with Crippen LogP contribution >= 0.6 is 0 Å². The highest BCUT2D eigenvalue weighted by Gasteiger charge is 2.12. The van der Waals surface area contributed by atoms with Gasteiger partial charge in [-0.3, -0.25) is 0 Å². The minimum Gasteiger partial charge on any atom is -0.379 e. The Morgan fingerprint density at radius 1 is 1.31 bits per heavy atom. The molecular formula is C13H27NO2. The molecule has 96 valence electrons. The van der Waals surface area contributed by atoms with Crippen molar-refractivity contribution in [3.8, 4) is 0 Å². The van der Waals surface area contributed by atoms with Crippen LogP contribution in [0.15, 0.2) is 0 Å². The van der Waals surface area contributed by atoms with Gasteiger partial charge in [0.05, 0.1) is 12.2 Å². The third-order valence-electron chi connectivity index (χ3n) is 2.85. The molecule has 0 spiro atoms. The average Bonchev–Trinajstić information content (AvgIpc) is 2.29. The molecule has 1 fully saturated rings. The fourth-order valence-electron chi connectivity index (χ4n) is 1.90. The summed E-state index contributed by atoms with van der Waals surface area (Å²) < 4.78 is 11.1. The second kappa shape index (κ2) is 8.97. The first-order chi connectivity index (χ1) is 7.79. The highest BCUT2D eigenvalue weighted by Crippen LogP contribution is 2.11. The molecule has 0 amide bonds. The summed E-state index contributed by atoms with van der Waals surface area (Å²) >= 11 is 0. The topological polar surface area (TPSA) is 30.5 Å². The van der Waals surface area contributed by atoms with Gasteiger partial charge in [-0.25, -0.2) is 0 Å². The van der Waals surface area contributed by atoms with Crippen molar-refractivity contribution in [2.24, 2.45) is 0 Å². The average molecular weight is 229 g/mol. The van der Waals surface area contributed by atoms with Crippen LogP contribution in [0.3, 0.4) is 0 Å². The Balaban J connectivity index is 1.80. The lowest BCUT2D eigenvalue weighted by Gasteiger charge is -2.22. The highest BCUT2D eigenvalue weighted by atomic mass is 16.5. The smallest absolute Gasteiger partial charge is 0.0699 e. The molecule has 0 aliphatic carbocycles. The first-order valence-corrected chi connectivity index (χ1v) is 6.73. The molecule has 16 heavy (non-hydrogen) atoms. The molecule has 0 bridgehead atoms. The minimum atomic E-state index is 0.364. The zero-order chi connectivity index (χ0) is 11.6. The van der Waals surface area contributed by atoms with Gasteiger partial charge in [0.1, 0.15) is 0 Å². The maximum absolute atomic E-state index is 5.65. The molecule has 1 aliphatic rings. The molecule has 1 heterocycles. The first-order valence-electron chi connectivity index (χ1n) is 6.73. The summed E-state index contributed by atoms with van der Waals surface area (Å²) in [5, 5.41) is 3.46. The molecule has 0 aromatic carbocycles.